The topological polar surface area (TPSA) is 20.2 Å². The minimum absolute atomic E-state index is 0.449. The molecule has 1 nitrogen and oxygen atoms in total. The Hall–Kier alpha value is -1.12. The fourth-order valence-corrected chi connectivity index (χ4v) is 2.38. The summed E-state index contributed by atoms with van der Waals surface area (Å²) in [5, 5.41) is 10.2. The molecule has 1 unspecified atom stereocenters. The Balaban J connectivity index is 2.08. The van der Waals surface area contributed by atoms with Gasteiger partial charge in [0.25, 0.3) is 0 Å². The highest BCUT2D eigenvalue weighted by atomic mass is 79.9. The van der Waals surface area contributed by atoms with Crippen LogP contribution in [-0.4, -0.2) is 5.11 Å². The van der Waals surface area contributed by atoms with Gasteiger partial charge in [0.1, 0.15) is 0 Å². The van der Waals surface area contributed by atoms with Crippen molar-refractivity contribution in [3.63, 3.8) is 0 Å². The molecular formula is C16H17BrO. The van der Waals surface area contributed by atoms with Crippen LogP contribution in [0.1, 0.15) is 29.7 Å². The minimum Gasteiger partial charge on any atom is -0.388 e. The molecule has 18 heavy (non-hydrogen) atoms. The van der Waals surface area contributed by atoms with E-state index in [0.29, 0.717) is 6.42 Å². The van der Waals surface area contributed by atoms with Gasteiger partial charge in [-0.05, 0) is 35.2 Å². The average Bonchev–Trinajstić information content (AvgIpc) is 2.39. The highest BCUT2D eigenvalue weighted by Gasteiger charge is 2.08. The molecule has 0 radical (unpaired) electrons. The largest absolute Gasteiger partial charge is 0.388 e. The second kappa shape index (κ2) is 6.17. The van der Waals surface area contributed by atoms with Crippen molar-refractivity contribution in [2.75, 3.05) is 0 Å². The number of halogens is 1. The van der Waals surface area contributed by atoms with Gasteiger partial charge in [-0.3, -0.25) is 0 Å². The summed E-state index contributed by atoms with van der Waals surface area (Å²) in [6.07, 6.45) is 1.25. The van der Waals surface area contributed by atoms with Crippen molar-refractivity contribution in [3.8, 4) is 0 Å². The van der Waals surface area contributed by atoms with E-state index in [4.69, 9.17) is 0 Å². The summed E-state index contributed by atoms with van der Waals surface area (Å²) in [6, 6.07) is 16.3. The molecule has 2 aromatic carbocycles. The van der Waals surface area contributed by atoms with Crippen molar-refractivity contribution in [2.45, 2.75) is 25.9 Å². The van der Waals surface area contributed by atoms with Crippen LogP contribution in [0.4, 0.5) is 0 Å². The second-order valence-corrected chi connectivity index (χ2v) is 5.36. The van der Waals surface area contributed by atoms with Crippen molar-refractivity contribution in [1.29, 1.82) is 0 Å². The van der Waals surface area contributed by atoms with Crippen molar-refractivity contribution in [1.82, 2.24) is 0 Å². The summed E-state index contributed by atoms with van der Waals surface area (Å²) >= 11 is 3.42. The van der Waals surface area contributed by atoms with Gasteiger partial charge in [0.15, 0.2) is 0 Å². The molecule has 0 aliphatic rings. The van der Waals surface area contributed by atoms with Crippen LogP contribution >= 0.6 is 15.9 Å². The first-order valence-corrected chi connectivity index (χ1v) is 6.99. The van der Waals surface area contributed by atoms with E-state index in [1.54, 1.807) is 0 Å². The molecule has 1 atom stereocenters. The monoisotopic (exact) mass is 304 g/mol. The molecule has 0 aliphatic carbocycles. The summed E-state index contributed by atoms with van der Waals surface area (Å²) in [4.78, 5) is 0. The molecule has 2 rings (SSSR count). The maximum Gasteiger partial charge on any atom is 0.0830 e. The smallest absolute Gasteiger partial charge is 0.0830 e. The molecule has 0 aliphatic heterocycles. The number of aryl methyl sites for hydroxylation is 1. The second-order valence-electron chi connectivity index (χ2n) is 4.44. The van der Waals surface area contributed by atoms with Crippen molar-refractivity contribution < 1.29 is 5.11 Å². The Bertz CT molecular complexity index is 505. The molecule has 0 aromatic heterocycles. The third-order valence-corrected chi connectivity index (χ3v) is 3.59. The lowest BCUT2D eigenvalue weighted by Gasteiger charge is -2.11. The Labute approximate surface area is 117 Å². The van der Waals surface area contributed by atoms with Gasteiger partial charge in [0, 0.05) is 10.9 Å². The third-order valence-electron chi connectivity index (χ3n) is 3.09. The van der Waals surface area contributed by atoms with E-state index in [2.05, 4.69) is 47.1 Å². The maximum absolute atomic E-state index is 10.2. The summed E-state index contributed by atoms with van der Waals surface area (Å²) < 4.78 is 1.00. The summed E-state index contributed by atoms with van der Waals surface area (Å²) in [5.74, 6) is 0. The normalized spacial score (nSPS) is 12.4. The Morgan fingerprint density at radius 3 is 2.33 bits per heavy atom. The summed E-state index contributed by atoms with van der Waals surface area (Å²) in [5.41, 5.74) is 3.44. The molecule has 0 saturated heterocycles. The zero-order valence-corrected chi connectivity index (χ0v) is 12.0. The van der Waals surface area contributed by atoms with E-state index in [1.165, 1.54) is 11.1 Å². The molecule has 0 amide bonds. The van der Waals surface area contributed by atoms with Crippen LogP contribution in [0.5, 0.6) is 0 Å². The van der Waals surface area contributed by atoms with Crippen molar-refractivity contribution >= 4 is 15.9 Å². The zero-order valence-electron chi connectivity index (χ0n) is 10.4. The molecule has 0 spiro atoms. The van der Waals surface area contributed by atoms with Crippen LogP contribution in [0, 0.1) is 0 Å². The molecular weight excluding hydrogens is 288 g/mol. The van der Waals surface area contributed by atoms with E-state index in [1.807, 2.05) is 24.3 Å². The van der Waals surface area contributed by atoms with Gasteiger partial charge in [0.05, 0.1) is 6.10 Å². The number of aliphatic hydroxyl groups is 1. The molecule has 0 saturated carbocycles. The van der Waals surface area contributed by atoms with Crippen LogP contribution in [0.15, 0.2) is 53.0 Å². The lowest BCUT2D eigenvalue weighted by Crippen LogP contribution is -2.01. The molecule has 0 heterocycles. The van der Waals surface area contributed by atoms with E-state index in [-0.39, 0.29) is 0 Å². The number of benzene rings is 2. The van der Waals surface area contributed by atoms with Crippen molar-refractivity contribution in [3.05, 3.63) is 69.7 Å². The highest BCUT2D eigenvalue weighted by Crippen LogP contribution is 2.21. The summed E-state index contributed by atoms with van der Waals surface area (Å²) in [6.45, 7) is 2.14. The zero-order chi connectivity index (χ0) is 13.0. The first-order valence-electron chi connectivity index (χ1n) is 6.20. The number of hydrogen-bond donors (Lipinski definition) is 1. The van der Waals surface area contributed by atoms with Gasteiger partial charge >= 0.3 is 0 Å². The van der Waals surface area contributed by atoms with Gasteiger partial charge in [-0.2, -0.15) is 0 Å². The molecule has 2 heteroatoms. The minimum atomic E-state index is -0.449. The Kier molecular flexibility index (Phi) is 4.56. The molecule has 1 N–H and O–H groups in total. The van der Waals surface area contributed by atoms with Crippen LogP contribution in [0.2, 0.25) is 0 Å². The van der Waals surface area contributed by atoms with E-state index < -0.39 is 6.10 Å². The SMILES string of the molecule is CCc1ccc(CC(O)c2cccc(Br)c2)cc1. The van der Waals surface area contributed by atoms with Crippen LogP contribution in [0.3, 0.4) is 0 Å². The first-order chi connectivity index (χ1) is 8.69. The predicted molar refractivity (Wildman–Crippen MR) is 78.6 cm³/mol. The molecule has 0 bridgehead atoms. The van der Waals surface area contributed by atoms with Gasteiger partial charge in [-0.1, -0.05) is 59.3 Å². The fraction of sp³-hybridized carbons (Fsp3) is 0.250. The number of hydrogen-bond acceptors (Lipinski definition) is 1. The Morgan fingerprint density at radius 2 is 1.72 bits per heavy atom. The van der Waals surface area contributed by atoms with E-state index in [0.717, 1.165) is 16.5 Å². The maximum atomic E-state index is 10.2. The fourth-order valence-electron chi connectivity index (χ4n) is 1.97. The molecule has 94 valence electrons. The Morgan fingerprint density at radius 1 is 1.06 bits per heavy atom. The molecule has 0 fully saturated rings. The standard InChI is InChI=1S/C16H17BrO/c1-2-12-6-8-13(9-7-12)10-16(18)14-4-3-5-15(17)11-14/h3-9,11,16,18H,2,10H2,1H3. The van der Waals surface area contributed by atoms with Gasteiger partial charge in [0.2, 0.25) is 0 Å². The van der Waals surface area contributed by atoms with E-state index >= 15 is 0 Å². The average molecular weight is 305 g/mol. The van der Waals surface area contributed by atoms with Gasteiger partial charge in [-0.15, -0.1) is 0 Å². The summed E-state index contributed by atoms with van der Waals surface area (Å²) in [7, 11) is 0. The van der Waals surface area contributed by atoms with E-state index in [9.17, 15) is 5.11 Å². The number of aliphatic hydroxyl groups excluding tert-OH is 1. The lowest BCUT2D eigenvalue weighted by molar-refractivity contribution is 0.178. The highest BCUT2D eigenvalue weighted by molar-refractivity contribution is 9.10. The van der Waals surface area contributed by atoms with Crippen LogP contribution < -0.4 is 0 Å². The predicted octanol–water partition coefficient (Wildman–Crippen LogP) is 4.29. The lowest BCUT2D eigenvalue weighted by atomic mass is 10.0. The van der Waals surface area contributed by atoms with Gasteiger partial charge < -0.3 is 5.11 Å². The quantitative estimate of drug-likeness (QED) is 0.893. The van der Waals surface area contributed by atoms with Gasteiger partial charge in [-0.25, -0.2) is 0 Å². The molecule has 2 aromatic rings. The van der Waals surface area contributed by atoms with Crippen molar-refractivity contribution in [2.24, 2.45) is 0 Å². The van der Waals surface area contributed by atoms with Crippen LogP contribution in [-0.2, 0) is 12.8 Å². The first kappa shape index (κ1) is 13.3. The third kappa shape index (κ3) is 3.44. The number of rotatable bonds is 4. The van der Waals surface area contributed by atoms with Crippen LogP contribution in [0.25, 0.3) is 0 Å².